The van der Waals surface area contributed by atoms with Crippen LogP contribution in [-0.2, 0) is 19.1 Å². The molecule has 0 N–H and O–H groups in total. The molecular weight excluding hydrogens is 542 g/mol. The second-order valence-corrected chi connectivity index (χ2v) is 11.8. The average Bonchev–Trinajstić information content (AvgIpc) is 2.89. The maximum absolute atomic E-state index is 13.8. The predicted octanol–water partition coefficient (Wildman–Crippen LogP) is 1.99. The molecule has 5 rings (SSSR count). The first-order valence-corrected chi connectivity index (χ1v) is 14.4. The zero-order chi connectivity index (χ0) is 30.8. The van der Waals surface area contributed by atoms with Crippen LogP contribution in [-0.4, -0.2) is 114 Å². The van der Waals surface area contributed by atoms with E-state index >= 15 is 0 Å². The molecular formula is C30H41N5O7. The molecule has 0 saturated carbocycles. The minimum atomic E-state index is -0.704. The van der Waals surface area contributed by atoms with Crippen LogP contribution in [0.1, 0.15) is 38.8 Å². The third-order valence-electron chi connectivity index (χ3n) is 7.60. The number of aryl methyl sites for hydroxylation is 2. The van der Waals surface area contributed by atoms with E-state index in [1.54, 1.807) is 31.7 Å². The first-order chi connectivity index (χ1) is 19.8. The molecule has 0 atom stereocenters. The molecule has 3 saturated heterocycles. The SMILES string of the molecule is CCN(C(=O)CN1CCN(C(=O)OC(C)(C)C)CCN2CCN(CC1)C(=O)C2=O)c1cc2oc(=O)cc(C)c2cc1C. The standard InChI is InChI=1S/C30H41N5O7/c1-7-35(23-18-24-22(16-21(23)3)20(2)17-26(37)41-24)25(36)19-31-8-10-32-12-13-33(28(39)27(32)38)14-15-34(11-9-31)29(40)42-30(4,5)6/h16-18H,7-15,19H2,1-6H3. The minimum Gasteiger partial charge on any atom is -0.444 e. The van der Waals surface area contributed by atoms with Gasteiger partial charge in [0.2, 0.25) is 5.91 Å². The fraction of sp³-hybridized carbons (Fsp3) is 0.567. The van der Waals surface area contributed by atoms with Crippen LogP contribution in [0, 0.1) is 13.8 Å². The van der Waals surface area contributed by atoms with Gasteiger partial charge in [-0.15, -0.1) is 0 Å². The van der Waals surface area contributed by atoms with Crippen LogP contribution < -0.4 is 10.5 Å². The molecule has 0 spiro atoms. The molecule has 2 bridgehead atoms. The summed E-state index contributed by atoms with van der Waals surface area (Å²) in [5.41, 5.74) is 1.56. The molecule has 12 nitrogen and oxygen atoms in total. The number of anilines is 1. The molecule has 0 radical (unpaired) electrons. The lowest BCUT2D eigenvalue weighted by atomic mass is 10.1. The molecule has 3 fully saturated rings. The number of likely N-dealkylation sites (N-methyl/N-ethyl adjacent to an activating group) is 1. The lowest BCUT2D eigenvalue weighted by molar-refractivity contribution is -0.156. The van der Waals surface area contributed by atoms with Crippen molar-refractivity contribution in [3.05, 3.63) is 39.7 Å². The van der Waals surface area contributed by atoms with Gasteiger partial charge in [-0.05, 0) is 58.7 Å². The molecule has 4 amide bonds. The summed E-state index contributed by atoms with van der Waals surface area (Å²) in [6.45, 7) is 13.9. The quantitative estimate of drug-likeness (QED) is 0.396. The van der Waals surface area contributed by atoms with Gasteiger partial charge in [0.15, 0.2) is 0 Å². The van der Waals surface area contributed by atoms with Crippen molar-refractivity contribution in [3.8, 4) is 0 Å². The Hall–Kier alpha value is -3.93. The number of carbonyl (C=O) groups is 4. The summed E-state index contributed by atoms with van der Waals surface area (Å²) >= 11 is 0. The van der Waals surface area contributed by atoms with Crippen molar-refractivity contribution in [2.24, 2.45) is 0 Å². The minimum absolute atomic E-state index is 0.0212. The summed E-state index contributed by atoms with van der Waals surface area (Å²) in [7, 11) is 0. The van der Waals surface area contributed by atoms with E-state index in [-0.39, 0.29) is 38.6 Å². The molecule has 1 aromatic carbocycles. The third kappa shape index (κ3) is 7.10. The van der Waals surface area contributed by atoms with Gasteiger partial charge >= 0.3 is 23.5 Å². The van der Waals surface area contributed by atoms with E-state index in [1.165, 1.54) is 20.8 Å². The number of fused-ring (bicyclic) bond motifs is 10. The average molecular weight is 584 g/mol. The Morgan fingerprint density at radius 3 is 2.05 bits per heavy atom. The highest BCUT2D eigenvalue weighted by molar-refractivity contribution is 6.35. The van der Waals surface area contributed by atoms with Crippen molar-refractivity contribution in [2.75, 3.05) is 70.3 Å². The van der Waals surface area contributed by atoms with E-state index in [4.69, 9.17) is 9.15 Å². The number of piperazine rings is 1. The van der Waals surface area contributed by atoms with Gasteiger partial charge < -0.3 is 28.8 Å². The topological polar surface area (TPSA) is 124 Å². The molecule has 1 aromatic heterocycles. The zero-order valence-corrected chi connectivity index (χ0v) is 25.4. The van der Waals surface area contributed by atoms with Crippen molar-refractivity contribution in [2.45, 2.75) is 47.1 Å². The van der Waals surface area contributed by atoms with E-state index in [2.05, 4.69) is 0 Å². The smallest absolute Gasteiger partial charge is 0.410 e. The highest BCUT2D eigenvalue weighted by atomic mass is 16.6. The van der Waals surface area contributed by atoms with Gasteiger partial charge in [-0.25, -0.2) is 9.59 Å². The number of hydrogen-bond acceptors (Lipinski definition) is 8. The van der Waals surface area contributed by atoms with Crippen LogP contribution in [0.2, 0.25) is 0 Å². The fourth-order valence-corrected chi connectivity index (χ4v) is 5.31. The second-order valence-electron chi connectivity index (χ2n) is 11.8. The lowest BCUT2D eigenvalue weighted by Gasteiger charge is -2.38. The second kappa shape index (κ2) is 12.5. The van der Waals surface area contributed by atoms with E-state index in [1.807, 2.05) is 31.7 Å². The highest BCUT2D eigenvalue weighted by Crippen LogP contribution is 2.28. The molecule has 3 aliphatic heterocycles. The molecule has 2 aromatic rings. The number of hydrogen-bond donors (Lipinski definition) is 0. The molecule has 42 heavy (non-hydrogen) atoms. The highest BCUT2D eigenvalue weighted by Gasteiger charge is 2.34. The third-order valence-corrected chi connectivity index (χ3v) is 7.60. The van der Waals surface area contributed by atoms with Gasteiger partial charge in [-0.2, -0.15) is 0 Å². The van der Waals surface area contributed by atoms with E-state index in [0.717, 1.165) is 16.5 Å². The Kier molecular flexibility index (Phi) is 9.24. The summed E-state index contributed by atoms with van der Waals surface area (Å²) in [6.07, 6.45) is -0.512. The Morgan fingerprint density at radius 2 is 1.43 bits per heavy atom. The Labute approximate surface area is 245 Å². The monoisotopic (exact) mass is 583 g/mol. The number of rotatable bonds is 4. The molecule has 0 aliphatic carbocycles. The van der Waals surface area contributed by atoms with Gasteiger partial charge in [0, 0.05) is 76.4 Å². The lowest BCUT2D eigenvalue weighted by Crippen LogP contribution is -2.58. The molecule has 228 valence electrons. The van der Waals surface area contributed by atoms with Crippen LogP contribution in [0.15, 0.2) is 27.4 Å². The van der Waals surface area contributed by atoms with Crippen molar-refractivity contribution in [3.63, 3.8) is 0 Å². The van der Waals surface area contributed by atoms with Gasteiger partial charge in [-0.1, -0.05) is 0 Å². The normalized spacial score (nSPS) is 17.3. The van der Waals surface area contributed by atoms with E-state index in [9.17, 15) is 24.0 Å². The Balaban J connectivity index is 1.58. The van der Waals surface area contributed by atoms with Crippen LogP contribution in [0.3, 0.4) is 0 Å². The van der Waals surface area contributed by atoms with Crippen molar-refractivity contribution >= 4 is 40.5 Å². The number of amides is 4. The maximum atomic E-state index is 13.8. The Morgan fingerprint density at radius 1 is 0.857 bits per heavy atom. The number of carbonyl (C=O) groups excluding carboxylic acids is 4. The summed E-state index contributed by atoms with van der Waals surface area (Å²) in [5.74, 6) is -1.34. The van der Waals surface area contributed by atoms with Crippen molar-refractivity contribution < 1.29 is 28.3 Å². The summed E-state index contributed by atoms with van der Waals surface area (Å²) in [6, 6.07) is 5.08. The maximum Gasteiger partial charge on any atom is 0.410 e. The predicted molar refractivity (Wildman–Crippen MR) is 157 cm³/mol. The van der Waals surface area contributed by atoms with Crippen LogP contribution >= 0.6 is 0 Å². The van der Waals surface area contributed by atoms with Crippen LogP contribution in [0.25, 0.3) is 11.0 Å². The van der Waals surface area contributed by atoms with Gasteiger partial charge in [0.1, 0.15) is 11.2 Å². The fourth-order valence-electron chi connectivity index (χ4n) is 5.31. The van der Waals surface area contributed by atoms with Crippen LogP contribution in [0.4, 0.5) is 10.5 Å². The van der Waals surface area contributed by atoms with Gasteiger partial charge in [0.05, 0.1) is 12.2 Å². The molecule has 4 heterocycles. The summed E-state index contributed by atoms with van der Waals surface area (Å²) in [4.78, 5) is 72.4. The summed E-state index contributed by atoms with van der Waals surface area (Å²) in [5, 5.41) is 0.809. The van der Waals surface area contributed by atoms with Gasteiger partial charge in [-0.3, -0.25) is 19.3 Å². The zero-order valence-electron chi connectivity index (χ0n) is 25.4. The van der Waals surface area contributed by atoms with E-state index < -0.39 is 29.1 Å². The van der Waals surface area contributed by atoms with Crippen molar-refractivity contribution in [1.82, 2.24) is 19.6 Å². The Bertz CT molecular complexity index is 1430. The first-order valence-electron chi connectivity index (χ1n) is 14.4. The largest absolute Gasteiger partial charge is 0.444 e. The number of nitrogens with zero attached hydrogens (tertiary/aromatic N) is 5. The van der Waals surface area contributed by atoms with Crippen LogP contribution in [0.5, 0.6) is 0 Å². The first kappa shape index (κ1) is 31.0. The number of benzene rings is 1. The number of ether oxygens (including phenoxy) is 1. The molecule has 3 aliphatic rings. The van der Waals surface area contributed by atoms with Gasteiger partial charge in [0.25, 0.3) is 0 Å². The molecule has 12 heteroatoms. The van der Waals surface area contributed by atoms with E-state index in [0.29, 0.717) is 44.0 Å². The summed E-state index contributed by atoms with van der Waals surface area (Å²) < 4.78 is 11.0. The molecule has 0 unspecified atom stereocenters. The van der Waals surface area contributed by atoms with Crippen molar-refractivity contribution in [1.29, 1.82) is 0 Å².